The lowest BCUT2D eigenvalue weighted by Crippen LogP contribution is -1.89. The third kappa shape index (κ3) is 5.55. The van der Waals surface area contributed by atoms with Crippen LogP contribution in [0.2, 0.25) is 0 Å². The third-order valence-corrected chi connectivity index (χ3v) is 2.30. The van der Waals surface area contributed by atoms with E-state index in [0.29, 0.717) is 6.42 Å². The number of aryl methyl sites for hydroxylation is 1. The molecule has 0 saturated heterocycles. The van der Waals surface area contributed by atoms with E-state index < -0.39 is 0 Å². The Balaban J connectivity index is 0.00000121. The first-order valence-corrected chi connectivity index (χ1v) is 6.26. The van der Waals surface area contributed by atoms with E-state index >= 15 is 0 Å². The van der Waals surface area contributed by atoms with Crippen molar-refractivity contribution in [2.24, 2.45) is 0 Å². The molecule has 1 aromatic carbocycles. The van der Waals surface area contributed by atoms with Crippen molar-refractivity contribution in [1.82, 2.24) is 0 Å². The Kier molecular flexibility index (Phi) is 9.17. The summed E-state index contributed by atoms with van der Waals surface area (Å²) in [7, 11) is 1.67. The van der Waals surface area contributed by atoms with Gasteiger partial charge in [-0.3, -0.25) is 0 Å². The van der Waals surface area contributed by atoms with Gasteiger partial charge in [0.2, 0.25) is 0 Å². The molecule has 96 valence electrons. The molecule has 1 N–H and O–H groups in total. The van der Waals surface area contributed by atoms with Crippen LogP contribution in [0.5, 0.6) is 5.75 Å². The van der Waals surface area contributed by atoms with Crippen molar-refractivity contribution >= 4 is 6.08 Å². The van der Waals surface area contributed by atoms with Crippen LogP contribution in [0.1, 0.15) is 38.3 Å². The summed E-state index contributed by atoms with van der Waals surface area (Å²) in [6.45, 7) is 6.31. The van der Waals surface area contributed by atoms with Crippen molar-refractivity contribution in [3.63, 3.8) is 0 Å². The molecular formula is C15H24O2. The summed E-state index contributed by atoms with van der Waals surface area (Å²) in [5, 5.41) is 8.69. The Morgan fingerprint density at radius 2 is 2.00 bits per heavy atom. The van der Waals surface area contributed by atoms with Gasteiger partial charge in [-0.05, 0) is 30.5 Å². The van der Waals surface area contributed by atoms with Gasteiger partial charge in [0.15, 0.2) is 0 Å². The van der Waals surface area contributed by atoms with Crippen LogP contribution in [0.4, 0.5) is 0 Å². The first kappa shape index (κ1) is 15.7. The molecule has 0 fully saturated rings. The molecule has 0 spiro atoms. The van der Waals surface area contributed by atoms with Gasteiger partial charge in [-0.25, -0.2) is 0 Å². The Morgan fingerprint density at radius 3 is 2.53 bits per heavy atom. The third-order valence-electron chi connectivity index (χ3n) is 2.30. The van der Waals surface area contributed by atoms with E-state index in [1.807, 2.05) is 32.1 Å². The van der Waals surface area contributed by atoms with Gasteiger partial charge in [-0.2, -0.15) is 0 Å². The number of rotatable bonds is 5. The zero-order valence-corrected chi connectivity index (χ0v) is 11.4. The summed E-state index contributed by atoms with van der Waals surface area (Å²) < 4.78 is 5.26. The topological polar surface area (TPSA) is 29.5 Å². The molecule has 2 nitrogen and oxygen atoms in total. The molecule has 1 rings (SSSR count). The highest BCUT2D eigenvalue weighted by molar-refractivity contribution is 5.58. The lowest BCUT2D eigenvalue weighted by molar-refractivity contribution is 0.303. The highest BCUT2D eigenvalue weighted by Gasteiger charge is 1.99. The van der Waals surface area contributed by atoms with Gasteiger partial charge < -0.3 is 9.84 Å². The average Bonchev–Trinajstić information content (AvgIpc) is 2.41. The maximum Gasteiger partial charge on any atom is 0.126 e. The first-order valence-electron chi connectivity index (χ1n) is 6.26. The second-order valence-corrected chi connectivity index (χ2v) is 3.34. The van der Waals surface area contributed by atoms with Gasteiger partial charge in [0, 0.05) is 12.2 Å². The molecule has 0 aromatic heterocycles. The van der Waals surface area contributed by atoms with Crippen molar-refractivity contribution in [2.45, 2.75) is 33.6 Å². The summed E-state index contributed by atoms with van der Waals surface area (Å²) in [6, 6.07) is 6.17. The molecule has 1 aromatic rings. The Labute approximate surface area is 105 Å². The molecule has 0 aliphatic carbocycles. The largest absolute Gasteiger partial charge is 0.496 e. The fourth-order valence-electron chi connectivity index (χ4n) is 1.42. The predicted octanol–water partition coefficient (Wildman–Crippen LogP) is 3.68. The molecule has 0 radical (unpaired) electrons. The maximum absolute atomic E-state index is 8.69. The van der Waals surface area contributed by atoms with Crippen molar-refractivity contribution in [3.8, 4) is 5.75 Å². The standard InChI is InChI=1S/C13H18O2.C2H6/c1-3-11-7-8-13(15-2)12(10-11)6-4-5-9-14;1-2/h4,6-8,10,14H,3,5,9H2,1-2H3;1-2H3/b6-4+;. The molecular weight excluding hydrogens is 212 g/mol. The Hall–Kier alpha value is -1.28. The minimum atomic E-state index is 0.187. The number of aliphatic hydroxyl groups excluding tert-OH is 1. The molecule has 0 atom stereocenters. The maximum atomic E-state index is 8.69. The van der Waals surface area contributed by atoms with Crippen LogP contribution < -0.4 is 4.74 Å². The second kappa shape index (κ2) is 9.91. The van der Waals surface area contributed by atoms with E-state index in [-0.39, 0.29) is 6.61 Å². The van der Waals surface area contributed by atoms with E-state index in [4.69, 9.17) is 9.84 Å². The molecule has 0 saturated carbocycles. The van der Waals surface area contributed by atoms with Crippen LogP contribution in [0, 0.1) is 0 Å². The number of hydrogen-bond acceptors (Lipinski definition) is 2. The molecule has 0 heterocycles. The van der Waals surface area contributed by atoms with Gasteiger partial charge in [-0.1, -0.05) is 39.0 Å². The fourth-order valence-corrected chi connectivity index (χ4v) is 1.42. The van der Waals surface area contributed by atoms with Gasteiger partial charge >= 0.3 is 0 Å². The zero-order chi connectivity index (χ0) is 13.1. The highest BCUT2D eigenvalue weighted by Crippen LogP contribution is 2.21. The average molecular weight is 236 g/mol. The molecule has 0 amide bonds. The quantitative estimate of drug-likeness (QED) is 0.845. The van der Waals surface area contributed by atoms with Crippen LogP contribution >= 0.6 is 0 Å². The molecule has 0 aliphatic heterocycles. The number of aliphatic hydroxyl groups is 1. The molecule has 0 unspecified atom stereocenters. The van der Waals surface area contributed by atoms with Crippen molar-refractivity contribution in [3.05, 3.63) is 35.4 Å². The van der Waals surface area contributed by atoms with Crippen LogP contribution in [-0.2, 0) is 6.42 Å². The Bertz CT molecular complexity index is 330. The van der Waals surface area contributed by atoms with E-state index in [2.05, 4.69) is 19.1 Å². The van der Waals surface area contributed by atoms with Crippen molar-refractivity contribution in [2.75, 3.05) is 13.7 Å². The van der Waals surface area contributed by atoms with Crippen LogP contribution in [-0.4, -0.2) is 18.8 Å². The van der Waals surface area contributed by atoms with Crippen LogP contribution in [0.3, 0.4) is 0 Å². The van der Waals surface area contributed by atoms with Crippen LogP contribution in [0.15, 0.2) is 24.3 Å². The minimum absolute atomic E-state index is 0.187. The number of methoxy groups -OCH3 is 1. The fraction of sp³-hybridized carbons (Fsp3) is 0.467. The van der Waals surface area contributed by atoms with Gasteiger partial charge in [0.25, 0.3) is 0 Å². The second-order valence-electron chi connectivity index (χ2n) is 3.34. The van der Waals surface area contributed by atoms with E-state index in [1.165, 1.54) is 5.56 Å². The number of ether oxygens (including phenoxy) is 1. The summed E-state index contributed by atoms with van der Waals surface area (Å²) in [5.74, 6) is 0.876. The van der Waals surface area contributed by atoms with Crippen molar-refractivity contribution < 1.29 is 9.84 Å². The molecule has 2 heteroatoms. The first-order chi connectivity index (χ1) is 8.31. The predicted molar refractivity (Wildman–Crippen MR) is 74.5 cm³/mol. The molecule has 17 heavy (non-hydrogen) atoms. The smallest absolute Gasteiger partial charge is 0.126 e. The van der Waals surface area contributed by atoms with E-state index in [0.717, 1.165) is 17.7 Å². The lowest BCUT2D eigenvalue weighted by Gasteiger charge is -2.06. The molecule has 0 aliphatic rings. The van der Waals surface area contributed by atoms with Crippen LogP contribution in [0.25, 0.3) is 6.08 Å². The normalized spacial score (nSPS) is 9.94. The number of hydrogen-bond donors (Lipinski definition) is 1. The lowest BCUT2D eigenvalue weighted by atomic mass is 10.1. The van der Waals surface area contributed by atoms with E-state index in [9.17, 15) is 0 Å². The van der Waals surface area contributed by atoms with Crippen molar-refractivity contribution in [1.29, 1.82) is 0 Å². The monoisotopic (exact) mass is 236 g/mol. The zero-order valence-electron chi connectivity index (χ0n) is 11.4. The summed E-state index contributed by atoms with van der Waals surface area (Å²) in [5.41, 5.74) is 2.37. The summed E-state index contributed by atoms with van der Waals surface area (Å²) in [6.07, 6.45) is 5.65. The van der Waals surface area contributed by atoms with Gasteiger partial charge in [0.05, 0.1) is 7.11 Å². The SMILES string of the molecule is CC.CCc1ccc(OC)c(/C=C/CCO)c1. The summed E-state index contributed by atoms with van der Waals surface area (Å²) >= 11 is 0. The van der Waals surface area contributed by atoms with E-state index in [1.54, 1.807) is 7.11 Å². The Morgan fingerprint density at radius 1 is 1.29 bits per heavy atom. The molecule has 0 bridgehead atoms. The summed E-state index contributed by atoms with van der Waals surface area (Å²) in [4.78, 5) is 0. The highest BCUT2D eigenvalue weighted by atomic mass is 16.5. The van der Waals surface area contributed by atoms with Gasteiger partial charge in [0.1, 0.15) is 5.75 Å². The minimum Gasteiger partial charge on any atom is -0.496 e. The van der Waals surface area contributed by atoms with Gasteiger partial charge in [-0.15, -0.1) is 0 Å². The number of benzene rings is 1.